The molecule has 2 aliphatic rings. The van der Waals surface area contributed by atoms with Gasteiger partial charge in [0.1, 0.15) is 17.8 Å². The monoisotopic (exact) mass is 488 g/mol. The van der Waals surface area contributed by atoms with Gasteiger partial charge in [-0.25, -0.2) is 9.97 Å². The summed E-state index contributed by atoms with van der Waals surface area (Å²) >= 11 is 6.83. The zero-order valence-electron chi connectivity index (χ0n) is 19.4. The van der Waals surface area contributed by atoms with E-state index in [4.69, 9.17) is 21.3 Å². The number of hydrogen-bond acceptors (Lipinski definition) is 6. The highest BCUT2D eigenvalue weighted by molar-refractivity contribution is 6.33. The van der Waals surface area contributed by atoms with E-state index in [1.165, 1.54) is 6.33 Å². The number of imidazole rings is 1. The van der Waals surface area contributed by atoms with E-state index >= 15 is 0 Å². The van der Waals surface area contributed by atoms with Gasteiger partial charge in [-0.1, -0.05) is 41.9 Å². The van der Waals surface area contributed by atoms with Crippen molar-refractivity contribution in [2.75, 3.05) is 24.5 Å². The largest absolute Gasteiger partial charge is 0.470 e. The van der Waals surface area contributed by atoms with Crippen molar-refractivity contribution in [1.82, 2.24) is 24.8 Å². The number of nitrogens with zero attached hydrogens (tertiary/aromatic N) is 5. The van der Waals surface area contributed by atoms with Crippen molar-refractivity contribution >= 4 is 34.4 Å². The minimum atomic E-state index is -0.190. The molecule has 178 valence electrons. The van der Waals surface area contributed by atoms with Crippen LogP contribution in [-0.2, 0) is 11.3 Å². The minimum absolute atomic E-state index is 0.0107. The maximum atomic E-state index is 11.8. The molecule has 0 radical (unpaired) electrons. The second kappa shape index (κ2) is 8.53. The first-order valence-corrected chi connectivity index (χ1v) is 12.1. The van der Waals surface area contributed by atoms with Crippen LogP contribution in [0.25, 0.3) is 22.6 Å². The fourth-order valence-electron chi connectivity index (χ4n) is 4.36. The zero-order chi connectivity index (χ0) is 24.0. The third-order valence-electron chi connectivity index (χ3n) is 6.58. The molecule has 1 saturated carbocycles. The van der Waals surface area contributed by atoms with E-state index in [0.717, 1.165) is 36.2 Å². The summed E-state index contributed by atoms with van der Waals surface area (Å²) in [5.41, 5.74) is 3.95. The predicted molar refractivity (Wildman–Crippen MR) is 135 cm³/mol. The van der Waals surface area contributed by atoms with Gasteiger partial charge in [-0.15, -0.1) is 0 Å². The lowest BCUT2D eigenvalue weighted by Gasteiger charge is -2.29. The van der Waals surface area contributed by atoms with Gasteiger partial charge < -0.3 is 19.5 Å². The van der Waals surface area contributed by atoms with Crippen LogP contribution in [0.3, 0.4) is 0 Å². The maximum absolute atomic E-state index is 11.8. The summed E-state index contributed by atoms with van der Waals surface area (Å²) in [5, 5.41) is 3.41. The summed E-state index contributed by atoms with van der Waals surface area (Å²) in [5.74, 6) is 1.20. The van der Waals surface area contributed by atoms with Crippen LogP contribution < -0.4 is 15.0 Å². The molecule has 0 unspecified atom stereocenters. The number of nitrogens with one attached hydrogen (secondary N) is 1. The van der Waals surface area contributed by atoms with E-state index in [0.29, 0.717) is 47.5 Å². The Hall–Kier alpha value is -3.65. The Morgan fingerprint density at radius 1 is 1.14 bits per heavy atom. The lowest BCUT2D eigenvalue weighted by Crippen LogP contribution is -2.47. The Morgan fingerprint density at radius 2 is 1.97 bits per heavy atom. The van der Waals surface area contributed by atoms with Gasteiger partial charge in [0.05, 0.1) is 18.1 Å². The molecular weight excluding hydrogens is 464 g/mol. The lowest BCUT2D eigenvalue weighted by atomic mass is 10.1. The number of amides is 1. The summed E-state index contributed by atoms with van der Waals surface area (Å²) < 4.78 is 8.27. The molecule has 6 rings (SSSR count). The third-order valence-corrected chi connectivity index (χ3v) is 6.89. The van der Waals surface area contributed by atoms with Gasteiger partial charge >= 0.3 is 0 Å². The Bertz CT molecular complexity index is 1420. The van der Waals surface area contributed by atoms with Crippen molar-refractivity contribution in [3.8, 4) is 17.3 Å². The number of carbonyl (C=O) groups excluding carboxylic acids is 1. The molecule has 9 heteroatoms. The quantitative estimate of drug-likeness (QED) is 0.440. The number of piperazine rings is 1. The molecule has 35 heavy (non-hydrogen) atoms. The Balaban J connectivity index is 1.45. The first kappa shape index (κ1) is 21.9. The molecule has 1 aliphatic heterocycles. The van der Waals surface area contributed by atoms with Crippen molar-refractivity contribution in [1.29, 1.82) is 0 Å². The zero-order valence-corrected chi connectivity index (χ0v) is 20.1. The highest BCUT2D eigenvalue weighted by Crippen LogP contribution is 2.41. The lowest BCUT2D eigenvalue weighted by molar-refractivity contribution is -0.120. The molecule has 1 amide bonds. The molecular formula is C26H25ClN6O2. The fourth-order valence-corrected chi connectivity index (χ4v) is 4.62. The number of benzene rings is 2. The van der Waals surface area contributed by atoms with E-state index in [1.54, 1.807) is 0 Å². The van der Waals surface area contributed by atoms with Crippen LogP contribution in [0.4, 0.5) is 5.69 Å². The third kappa shape index (κ3) is 4.30. The predicted octanol–water partition coefficient (Wildman–Crippen LogP) is 4.06. The van der Waals surface area contributed by atoms with Gasteiger partial charge in [-0.3, -0.25) is 4.79 Å². The molecule has 1 saturated heterocycles. The number of aromatic nitrogens is 4. The van der Waals surface area contributed by atoms with Gasteiger partial charge in [0.2, 0.25) is 11.8 Å². The number of ether oxygens (including phenoxy) is 1. The van der Waals surface area contributed by atoms with Crippen LogP contribution in [-0.4, -0.2) is 50.7 Å². The highest BCUT2D eigenvalue weighted by Gasteiger charge is 2.41. The Labute approximate surface area is 207 Å². The van der Waals surface area contributed by atoms with Crippen LogP contribution in [0.5, 0.6) is 5.88 Å². The first-order chi connectivity index (χ1) is 17.0. The summed E-state index contributed by atoms with van der Waals surface area (Å²) in [6, 6.07) is 16.0. The van der Waals surface area contributed by atoms with Crippen molar-refractivity contribution in [2.24, 2.45) is 0 Å². The molecule has 2 fully saturated rings. The van der Waals surface area contributed by atoms with E-state index < -0.39 is 0 Å². The number of hydrogen-bond donors (Lipinski definition) is 1. The molecule has 1 aliphatic carbocycles. The number of halogens is 1. The van der Waals surface area contributed by atoms with Crippen LogP contribution in [0.15, 0.2) is 54.9 Å². The molecule has 2 aromatic heterocycles. The van der Waals surface area contributed by atoms with E-state index in [1.807, 2.05) is 41.3 Å². The number of anilines is 1. The minimum Gasteiger partial charge on any atom is -0.470 e. The standard InChI is InChI=1S/C26H25ClN6O2/c1-26(9-10-26)35-25-22-24(29-16-30-25)33(14-17-5-3-2-4-6-17)23(31-22)19-8-7-18(13-20(19)27)32-12-11-28-21(34)15-32/h2-8,13,16H,9-12,14-15H2,1H3,(H,28,34). The highest BCUT2D eigenvalue weighted by atomic mass is 35.5. The molecule has 0 bridgehead atoms. The summed E-state index contributed by atoms with van der Waals surface area (Å²) in [6.45, 7) is 4.33. The number of rotatable bonds is 6. The maximum Gasteiger partial charge on any atom is 0.245 e. The van der Waals surface area contributed by atoms with Gasteiger partial charge in [0.15, 0.2) is 11.2 Å². The fraction of sp³-hybridized carbons (Fsp3) is 0.308. The second-order valence-electron chi connectivity index (χ2n) is 9.35. The molecule has 1 N–H and O–H groups in total. The van der Waals surface area contributed by atoms with Crippen LogP contribution in [0.1, 0.15) is 25.3 Å². The Morgan fingerprint density at radius 3 is 2.71 bits per heavy atom. The van der Waals surface area contributed by atoms with Crippen LogP contribution in [0.2, 0.25) is 5.02 Å². The smallest absolute Gasteiger partial charge is 0.245 e. The van der Waals surface area contributed by atoms with Crippen LogP contribution in [0, 0.1) is 0 Å². The summed E-state index contributed by atoms with van der Waals surface area (Å²) in [7, 11) is 0. The average Bonchev–Trinajstić information content (AvgIpc) is 3.48. The van der Waals surface area contributed by atoms with Crippen LogP contribution >= 0.6 is 11.6 Å². The second-order valence-corrected chi connectivity index (χ2v) is 9.75. The summed E-state index contributed by atoms with van der Waals surface area (Å²) in [4.78, 5) is 27.8. The van der Waals surface area contributed by atoms with E-state index in [9.17, 15) is 4.79 Å². The normalized spacial score (nSPS) is 16.9. The van der Waals surface area contributed by atoms with Crippen molar-refractivity contribution in [3.63, 3.8) is 0 Å². The van der Waals surface area contributed by atoms with Crippen molar-refractivity contribution in [3.05, 3.63) is 65.4 Å². The first-order valence-electron chi connectivity index (χ1n) is 11.7. The van der Waals surface area contributed by atoms with E-state index in [2.05, 4.69) is 38.9 Å². The van der Waals surface area contributed by atoms with Gasteiger partial charge in [-0.2, -0.15) is 4.98 Å². The van der Waals surface area contributed by atoms with Gasteiger partial charge in [-0.05, 0) is 43.5 Å². The molecule has 0 spiro atoms. The molecule has 4 aromatic rings. The van der Waals surface area contributed by atoms with Gasteiger partial charge in [0.25, 0.3) is 0 Å². The summed E-state index contributed by atoms with van der Waals surface area (Å²) in [6.07, 6.45) is 3.53. The number of fused-ring (bicyclic) bond motifs is 1. The molecule has 2 aromatic carbocycles. The SMILES string of the molecule is CC1(Oc2ncnc3c2nc(-c2ccc(N4CCNC(=O)C4)cc2Cl)n3Cc2ccccc2)CC1. The molecule has 8 nitrogen and oxygen atoms in total. The van der Waals surface area contributed by atoms with E-state index in [-0.39, 0.29) is 11.5 Å². The number of carbonyl (C=O) groups is 1. The molecule has 0 atom stereocenters. The van der Waals surface area contributed by atoms with Gasteiger partial charge in [0, 0.05) is 24.3 Å². The molecule has 3 heterocycles. The Kier molecular flexibility index (Phi) is 5.33. The van der Waals surface area contributed by atoms with Crippen molar-refractivity contribution in [2.45, 2.75) is 31.9 Å². The van der Waals surface area contributed by atoms with Crippen molar-refractivity contribution < 1.29 is 9.53 Å². The topological polar surface area (TPSA) is 85.2 Å². The average molecular weight is 489 g/mol.